The number of allylic oxidation sites excluding steroid dienone is 1. The third-order valence-electron chi connectivity index (χ3n) is 13.7. The summed E-state index contributed by atoms with van der Waals surface area (Å²) in [5.41, 5.74) is 7.32. The predicted octanol–water partition coefficient (Wildman–Crippen LogP) is 12.5. The third kappa shape index (κ3) is 22.0. The van der Waals surface area contributed by atoms with E-state index >= 15 is 0 Å². The molecule has 0 radical (unpaired) electrons. The highest BCUT2D eigenvalue weighted by Gasteiger charge is 2.20. The molecule has 3 aromatic heterocycles. The molecule has 0 aliphatic rings. The predicted molar refractivity (Wildman–Crippen MR) is 394 cm³/mol. The van der Waals surface area contributed by atoms with Crippen molar-refractivity contribution in [2.75, 3.05) is 92.0 Å². The summed E-state index contributed by atoms with van der Waals surface area (Å²) in [5, 5.41) is 29.8. The second kappa shape index (κ2) is 36.7. The van der Waals surface area contributed by atoms with E-state index in [0.29, 0.717) is 104 Å². The number of aryl methyl sites for hydroxylation is 1. The molecule has 0 saturated carbocycles. The molecule has 0 unspecified atom stereocenters. The third-order valence-corrected chi connectivity index (χ3v) is 16.0. The smallest absolute Gasteiger partial charge is 0.253 e. The van der Waals surface area contributed by atoms with Gasteiger partial charge in [-0.15, -0.1) is 0 Å². The maximum absolute atomic E-state index is 12.4. The largest absolute Gasteiger partial charge is 0.495 e. The summed E-state index contributed by atoms with van der Waals surface area (Å²) < 4.78 is 37.7. The number of ether oxygens (including phenoxy) is 2. The van der Waals surface area contributed by atoms with Crippen LogP contribution < -0.4 is 67.4 Å². The first-order chi connectivity index (χ1) is 48.0. The van der Waals surface area contributed by atoms with Gasteiger partial charge in [0.15, 0.2) is 23.2 Å². The van der Waals surface area contributed by atoms with Gasteiger partial charge in [-0.1, -0.05) is 90.9 Å². The number of anilines is 14. The fourth-order valence-electron chi connectivity index (χ4n) is 8.92. The highest BCUT2D eigenvalue weighted by Crippen LogP contribution is 2.35. The fourth-order valence-corrected chi connectivity index (χ4v) is 10.2. The standard InChI is InChI=1S/C26H29ClN6O2.C22H21ClN6O3.C21H21ClN6O4S/c1-5-20(34)11-9-17-7-6-8-19(13-17)30-26-29-15-22(27)24(32-26)31-23-14-18(16-33(3)4)10-12-21(23)25(35)28-2;1-4-19(30)26-15-8-9-18(32-3)17(11-15)28-22-25-12-16(23)20(29-22)27-14-7-5-6-13(10-14)21(31)24-2;1-4-19(29)25-13-9-10-17(32-3)16(11-13)27-21-24-12-14(22)20(28-21)26-15-7-5-6-8-18(15)33(30,31)23-2/h5-8,10,12-15H,1,9,11,16H2,2-4H3,(H,28,35)(H2,29,30,31,32);4-12H,1H2,2-3H3,(H,24,31)(H,26,30)(H2,25,27,28,29);4-12,23H,1H2,2-3H3,(H,25,29)(H2,24,26,27,28). The molecule has 3 heterocycles. The summed E-state index contributed by atoms with van der Waals surface area (Å²) in [4.78, 5) is 87.0. The van der Waals surface area contributed by atoms with Gasteiger partial charge in [0.1, 0.15) is 31.5 Å². The Kier molecular flexibility index (Phi) is 27.8. The highest BCUT2D eigenvalue weighted by atomic mass is 35.5. The summed E-state index contributed by atoms with van der Waals surface area (Å²) in [6.45, 7) is 11.1. The van der Waals surface area contributed by atoms with Crippen LogP contribution in [-0.2, 0) is 37.4 Å². The normalized spacial score (nSPS) is 10.6. The number of aromatic nitrogens is 6. The molecule has 100 heavy (non-hydrogen) atoms. The van der Waals surface area contributed by atoms with Crippen LogP contribution in [0, 0.1) is 0 Å². The van der Waals surface area contributed by atoms with Crippen LogP contribution in [0.5, 0.6) is 11.5 Å². The first kappa shape index (κ1) is 75.8. The van der Waals surface area contributed by atoms with Crippen molar-refractivity contribution in [3.05, 3.63) is 221 Å². The van der Waals surface area contributed by atoms with Crippen LogP contribution in [0.2, 0.25) is 15.1 Å². The van der Waals surface area contributed by atoms with Gasteiger partial charge in [0, 0.05) is 55.4 Å². The zero-order valence-electron chi connectivity index (χ0n) is 55.2. The van der Waals surface area contributed by atoms with Gasteiger partial charge >= 0.3 is 0 Å². The topological polar surface area (TPSA) is 351 Å². The Hall–Kier alpha value is -11.5. The van der Waals surface area contributed by atoms with Gasteiger partial charge < -0.3 is 67.5 Å². The number of nitrogens with one attached hydrogen (secondary N) is 11. The number of hydrogen-bond donors (Lipinski definition) is 11. The molecule has 0 atom stereocenters. The van der Waals surface area contributed by atoms with Crippen LogP contribution in [0.25, 0.3) is 0 Å². The number of halogens is 3. The van der Waals surface area contributed by atoms with Gasteiger partial charge in [0.2, 0.25) is 39.7 Å². The van der Waals surface area contributed by atoms with E-state index in [1.54, 1.807) is 99.0 Å². The molecule has 9 aromatic rings. The Bertz CT molecular complexity index is 4610. The lowest BCUT2D eigenvalue weighted by Crippen LogP contribution is -2.20. The van der Waals surface area contributed by atoms with Gasteiger partial charge in [-0.05, 0) is 148 Å². The summed E-state index contributed by atoms with van der Waals surface area (Å²) in [6.07, 6.45) is 8.99. The lowest BCUT2D eigenvalue weighted by atomic mass is 10.1. The number of methoxy groups -OCH3 is 2. The van der Waals surface area contributed by atoms with Crippen LogP contribution in [0.3, 0.4) is 0 Å². The first-order valence-corrected chi connectivity index (χ1v) is 32.6. The first-order valence-electron chi connectivity index (χ1n) is 30.0. The van der Waals surface area contributed by atoms with Crippen molar-refractivity contribution in [3.8, 4) is 11.5 Å². The number of rotatable bonds is 28. The zero-order valence-corrected chi connectivity index (χ0v) is 58.3. The van der Waals surface area contributed by atoms with E-state index in [1.807, 2.05) is 55.4 Å². The van der Waals surface area contributed by atoms with E-state index in [4.69, 9.17) is 44.3 Å². The van der Waals surface area contributed by atoms with Crippen molar-refractivity contribution in [2.45, 2.75) is 24.3 Å². The molecule has 11 N–H and O–H groups in total. The van der Waals surface area contributed by atoms with Crippen LogP contribution in [0.4, 0.5) is 80.8 Å². The van der Waals surface area contributed by atoms with Gasteiger partial charge in [0.05, 0.1) is 61.1 Å². The molecule has 0 aliphatic carbocycles. The van der Waals surface area contributed by atoms with E-state index < -0.39 is 10.0 Å². The number of benzene rings is 6. The molecule has 0 spiro atoms. The van der Waals surface area contributed by atoms with Crippen molar-refractivity contribution < 1.29 is 41.9 Å². The molecule has 9 rings (SSSR count). The number of hydrogen-bond acceptors (Lipinski definition) is 22. The molecule has 4 amide bonds. The molecule has 0 saturated heterocycles. The van der Waals surface area contributed by atoms with E-state index in [2.05, 4.69) is 108 Å². The maximum atomic E-state index is 12.4. The molecule has 6 aromatic carbocycles. The Balaban J connectivity index is 0.000000211. The fraction of sp³-hybridized carbons (Fsp3) is 0.145. The van der Waals surface area contributed by atoms with Crippen LogP contribution in [0.1, 0.15) is 38.3 Å². The van der Waals surface area contributed by atoms with E-state index in [1.165, 1.54) is 58.1 Å². The minimum Gasteiger partial charge on any atom is -0.495 e. The van der Waals surface area contributed by atoms with Gasteiger partial charge in [-0.2, -0.15) is 15.0 Å². The molecule has 0 fully saturated rings. The number of ketones is 1. The summed E-state index contributed by atoms with van der Waals surface area (Å²) in [7, 11) is 7.73. The summed E-state index contributed by atoms with van der Waals surface area (Å²) >= 11 is 18.9. The Morgan fingerprint density at radius 3 is 1.53 bits per heavy atom. The summed E-state index contributed by atoms with van der Waals surface area (Å²) in [5.74, 6) is 1.49. The van der Waals surface area contributed by atoms with Crippen LogP contribution in [-0.4, -0.2) is 122 Å². The van der Waals surface area contributed by atoms with E-state index in [9.17, 15) is 32.4 Å². The number of para-hydroxylation sites is 1. The van der Waals surface area contributed by atoms with Crippen LogP contribution in [0.15, 0.2) is 189 Å². The number of amides is 4. The SMILES string of the molecule is C=CC(=O)CCc1cccc(Nc2ncc(Cl)c(Nc3cc(CN(C)C)ccc3C(=O)NC)n2)c1.C=CC(=O)Nc1ccc(OC)c(Nc2ncc(Cl)c(Nc3cccc(C(=O)NC)c3)n2)c1.C=CC(=O)Nc1ccc(OC)c(Nc2ncc(Cl)c(Nc3ccccc3S(=O)(=O)NC)n2)c1. The van der Waals surface area contributed by atoms with Gasteiger partial charge in [0.25, 0.3) is 11.8 Å². The Morgan fingerprint density at radius 1 is 0.510 bits per heavy atom. The second-order valence-electron chi connectivity index (χ2n) is 21.1. The van der Waals surface area contributed by atoms with Crippen LogP contribution >= 0.6 is 34.8 Å². The number of nitrogens with zero attached hydrogens (tertiary/aromatic N) is 7. The molecule has 518 valence electrons. The Labute approximate surface area is 592 Å². The zero-order chi connectivity index (χ0) is 72.5. The molecular formula is C69H71Cl3N18O9S. The minimum atomic E-state index is -3.72. The molecule has 31 heteroatoms. The highest BCUT2D eigenvalue weighted by molar-refractivity contribution is 7.89. The molecule has 27 nitrogen and oxygen atoms in total. The van der Waals surface area contributed by atoms with Crippen molar-refractivity contribution in [1.82, 2.24) is 50.2 Å². The van der Waals surface area contributed by atoms with Crippen molar-refractivity contribution in [1.29, 1.82) is 0 Å². The lowest BCUT2D eigenvalue weighted by molar-refractivity contribution is -0.114. The average molecular weight is 1430 g/mol. The van der Waals surface area contributed by atoms with Crippen molar-refractivity contribution >= 4 is 155 Å². The molecule has 0 bridgehead atoms. The van der Waals surface area contributed by atoms with E-state index in [-0.39, 0.29) is 62.7 Å². The Morgan fingerprint density at radius 2 is 1.02 bits per heavy atom. The molecule has 0 aliphatic heterocycles. The summed E-state index contributed by atoms with van der Waals surface area (Å²) in [6, 6.07) is 36.6. The lowest BCUT2D eigenvalue weighted by Gasteiger charge is -2.16. The second-order valence-corrected chi connectivity index (χ2v) is 24.1. The number of carbonyl (C=O) groups is 5. The van der Waals surface area contributed by atoms with E-state index in [0.717, 1.165) is 22.9 Å². The van der Waals surface area contributed by atoms with Crippen molar-refractivity contribution in [2.24, 2.45) is 0 Å². The quantitative estimate of drug-likeness (QED) is 0.0203. The monoisotopic (exact) mass is 1430 g/mol. The van der Waals surface area contributed by atoms with Gasteiger partial charge in [-0.3, -0.25) is 24.0 Å². The number of sulfonamides is 1. The minimum absolute atomic E-state index is 0.00545. The average Bonchev–Trinajstić information content (AvgIpc) is 0.824. The van der Waals surface area contributed by atoms with Gasteiger partial charge in [-0.25, -0.2) is 28.1 Å². The molecular weight excluding hydrogens is 1360 g/mol. The maximum Gasteiger partial charge on any atom is 0.253 e. The van der Waals surface area contributed by atoms with Crippen molar-refractivity contribution in [3.63, 3.8) is 0 Å². The number of carbonyl (C=O) groups excluding carboxylic acids is 5.